The molecular formula is C13H14N2O2. The van der Waals surface area contributed by atoms with Gasteiger partial charge >= 0.3 is 0 Å². The second kappa shape index (κ2) is 7.07. The topological polar surface area (TPSA) is 62.1 Å². The molecule has 4 nitrogen and oxygen atoms in total. The summed E-state index contributed by atoms with van der Waals surface area (Å²) in [7, 11) is 0. The van der Waals surface area contributed by atoms with Crippen LogP contribution in [0.4, 0.5) is 0 Å². The summed E-state index contributed by atoms with van der Waals surface area (Å²) in [6.07, 6.45) is 1.61. The highest BCUT2D eigenvalue weighted by molar-refractivity contribution is 5.86. The third kappa shape index (κ3) is 4.85. The van der Waals surface area contributed by atoms with E-state index in [4.69, 9.17) is 10.00 Å². The molecule has 1 rings (SSSR count). The van der Waals surface area contributed by atoms with Gasteiger partial charge in [-0.2, -0.15) is 5.26 Å². The molecule has 0 aliphatic carbocycles. The molecule has 0 unspecified atom stereocenters. The van der Waals surface area contributed by atoms with Gasteiger partial charge in [-0.05, 0) is 23.8 Å². The van der Waals surface area contributed by atoms with E-state index in [1.54, 1.807) is 0 Å². The molecule has 0 saturated carbocycles. The van der Waals surface area contributed by atoms with Crippen LogP contribution in [-0.4, -0.2) is 12.5 Å². The van der Waals surface area contributed by atoms with Crippen LogP contribution in [0.2, 0.25) is 0 Å². The van der Waals surface area contributed by atoms with Crippen LogP contribution >= 0.6 is 0 Å². The molecule has 1 aromatic rings. The predicted molar refractivity (Wildman–Crippen MR) is 64.2 cm³/mol. The number of rotatable bonds is 6. The van der Waals surface area contributed by atoms with Gasteiger partial charge in [-0.1, -0.05) is 18.7 Å². The molecule has 0 atom stereocenters. The Morgan fingerprint density at radius 2 is 2.18 bits per heavy atom. The summed E-state index contributed by atoms with van der Waals surface area (Å²) < 4.78 is 5.32. The summed E-state index contributed by atoms with van der Waals surface area (Å²) in [6.45, 7) is 4.22. The number of hydrogen-bond acceptors (Lipinski definition) is 3. The molecule has 0 saturated heterocycles. The Morgan fingerprint density at radius 1 is 1.47 bits per heavy atom. The number of benzene rings is 1. The Labute approximate surface area is 101 Å². The zero-order chi connectivity index (χ0) is 12.5. The van der Waals surface area contributed by atoms with Crippen molar-refractivity contribution in [3.05, 3.63) is 42.5 Å². The number of carbonyl (C=O) groups excluding carboxylic acids is 1. The van der Waals surface area contributed by atoms with E-state index >= 15 is 0 Å². The first-order valence-electron chi connectivity index (χ1n) is 5.25. The van der Waals surface area contributed by atoms with Crippen molar-refractivity contribution in [1.82, 2.24) is 5.32 Å². The zero-order valence-corrected chi connectivity index (χ0v) is 9.48. The van der Waals surface area contributed by atoms with E-state index in [1.165, 1.54) is 6.08 Å². The van der Waals surface area contributed by atoms with Crippen LogP contribution in [0.1, 0.15) is 12.0 Å². The van der Waals surface area contributed by atoms with Gasteiger partial charge in [0.1, 0.15) is 12.4 Å². The van der Waals surface area contributed by atoms with Gasteiger partial charge in [0.05, 0.1) is 12.5 Å². The maximum absolute atomic E-state index is 10.9. The Bertz CT molecular complexity index is 418. The van der Waals surface area contributed by atoms with Crippen LogP contribution in [-0.2, 0) is 11.3 Å². The Balaban J connectivity index is 2.42. The monoisotopic (exact) mass is 230 g/mol. The van der Waals surface area contributed by atoms with Gasteiger partial charge in [0.2, 0.25) is 5.91 Å². The molecule has 0 fully saturated rings. The van der Waals surface area contributed by atoms with E-state index in [0.29, 0.717) is 19.6 Å². The average Bonchev–Trinajstić information content (AvgIpc) is 2.37. The maximum Gasteiger partial charge on any atom is 0.243 e. The highest BCUT2D eigenvalue weighted by Crippen LogP contribution is 2.12. The normalized spacial score (nSPS) is 9.12. The van der Waals surface area contributed by atoms with Gasteiger partial charge in [-0.25, -0.2) is 0 Å². The molecular weight excluding hydrogens is 216 g/mol. The van der Waals surface area contributed by atoms with Crippen LogP contribution in [0.25, 0.3) is 0 Å². The van der Waals surface area contributed by atoms with Crippen LogP contribution in [0, 0.1) is 11.3 Å². The summed E-state index contributed by atoms with van der Waals surface area (Å²) in [6, 6.07) is 9.36. The maximum atomic E-state index is 10.9. The molecule has 1 aromatic carbocycles. The number of nitrogens with zero attached hydrogens (tertiary/aromatic N) is 1. The third-order valence-electron chi connectivity index (χ3n) is 2.06. The van der Waals surface area contributed by atoms with Crippen molar-refractivity contribution in [1.29, 1.82) is 5.26 Å². The number of hydrogen-bond donors (Lipinski definition) is 1. The Kier molecular flexibility index (Phi) is 5.32. The fourth-order valence-corrected chi connectivity index (χ4v) is 1.18. The van der Waals surface area contributed by atoms with Gasteiger partial charge in [-0.15, -0.1) is 0 Å². The molecule has 1 amide bonds. The van der Waals surface area contributed by atoms with Crippen LogP contribution in [0.3, 0.4) is 0 Å². The average molecular weight is 230 g/mol. The smallest absolute Gasteiger partial charge is 0.243 e. The lowest BCUT2D eigenvalue weighted by Crippen LogP contribution is -2.19. The van der Waals surface area contributed by atoms with Gasteiger partial charge < -0.3 is 10.1 Å². The summed E-state index contributed by atoms with van der Waals surface area (Å²) in [5.74, 6) is 0.526. The van der Waals surface area contributed by atoms with Gasteiger partial charge in [0.25, 0.3) is 0 Å². The van der Waals surface area contributed by atoms with Crippen molar-refractivity contribution < 1.29 is 9.53 Å². The highest BCUT2D eigenvalue weighted by Gasteiger charge is 1.97. The van der Waals surface area contributed by atoms with Crippen LogP contribution in [0.5, 0.6) is 5.75 Å². The van der Waals surface area contributed by atoms with Gasteiger partial charge in [0.15, 0.2) is 0 Å². The number of ether oxygens (including phenoxy) is 1. The molecule has 0 aliphatic rings. The minimum Gasteiger partial charge on any atom is -0.493 e. The molecule has 17 heavy (non-hydrogen) atoms. The first-order valence-corrected chi connectivity index (χ1v) is 5.25. The summed E-state index contributed by atoms with van der Waals surface area (Å²) in [4.78, 5) is 10.9. The minimum atomic E-state index is -0.195. The number of amides is 1. The summed E-state index contributed by atoms with van der Waals surface area (Å²) in [5.41, 5.74) is 0.979. The van der Waals surface area contributed by atoms with Crippen molar-refractivity contribution in [2.24, 2.45) is 0 Å². The molecule has 1 N–H and O–H groups in total. The largest absolute Gasteiger partial charge is 0.493 e. The molecule has 0 aromatic heterocycles. The van der Waals surface area contributed by atoms with Crippen molar-refractivity contribution in [2.45, 2.75) is 13.0 Å². The van der Waals surface area contributed by atoms with Crippen LogP contribution in [0.15, 0.2) is 36.9 Å². The first-order chi connectivity index (χ1) is 8.26. The van der Waals surface area contributed by atoms with Gasteiger partial charge in [0, 0.05) is 6.54 Å². The van der Waals surface area contributed by atoms with Crippen molar-refractivity contribution in [3.8, 4) is 11.8 Å². The third-order valence-corrected chi connectivity index (χ3v) is 2.06. The van der Waals surface area contributed by atoms with E-state index < -0.39 is 0 Å². The number of carbonyl (C=O) groups is 1. The van der Waals surface area contributed by atoms with Crippen molar-refractivity contribution >= 4 is 5.91 Å². The molecule has 4 heteroatoms. The highest BCUT2D eigenvalue weighted by atomic mass is 16.5. The van der Waals surface area contributed by atoms with E-state index in [0.717, 1.165) is 11.3 Å². The lowest BCUT2D eigenvalue weighted by molar-refractivity contribution is -0.116. The molecule has 0 spiro atoms. The fraction of sp³-hybridized carbons (Fsp3) is 0.231. The van der Waals surface area contributed by atoms with Crippen molar-refractivity contribution in [3.63, 3.8) is 0 Å². The van der Waals surface area contributed by atoms with E-state index in [-0.39, 0.29) is 5.91 Å². The van der Waals surface area contributed by atoms with E-state index in [9.17, 15) is 4.79 Å². The molecule has 0 aliphatic heterocycles. The molecule has 0 radical (unpaired) electrons. The SMILES string of the molecule is C=CC(=O)NCc1ccc(OCCC#N)cc1. The fourth-order valence-electron chi connectivity index (χ4n) is 1.18. The zero-order valence-electron chi connectivity index (χ0n) is 9.48. The van der Waals surface area contributed by atoms with E-state index in [1.807, 2.05) is 30.3 Å². The molecule has 88 valence electrons. The lowest BCUT2D eigenvalue weighted by atomic mass is 10.2. The molecule has 0 heterocycles. The Hall–Kier alpha value is -2.28. The number of nitriles is 1. The quantitative estimate of drug-likeness (QED) is 0.598. The predicted octanol–water partition coefficient (Wildman–Crippen LogP) is 1.78. The Morgan fingerprint density at radius 3 is 2.76 bits per heavy atom. The number of nitrogens with one attached hydrogen (secondary N) is 1. The second-order valence-corrected chi connectivity index (χ2v) is 3.32. The summed E-state index contributed by atoms with van der Waals surface area (Å²) >= 11 is 0. The van der Waals surface area contributed by atoms with Gasteiger partial charge in [-0.3, -0.25) is 4.79 Å². The second-order valence-electron chi connectivity index (χ2n) is 3.32. The lowest BCUT2D eigenvalue weighted by Gasteiger charge is -2.06. The first kappa shape index (κ1) is 12.8. The minimum absolute atomic E-state index is 0.195. The van der Waals surface area contributed by atoms with E-state index in [2.05, 4.69) is 11.9 Å². The van der Waals surface area contributed by atoms with Crippen molar-refractivity contribution in [2.75, 3.05) is 6.61 Å². The standard InChI is InChI=1S/C13H14N2O2/c1-2-13(16)15-10-11-4-6-12(7-5-11)17-9-3-8-14/h2,4-7H,1,3,9-10H2,(H,15,16). The molecule has 0 bridgehead atoms. The van der Waals surface area contributed by atoms with Crippen LogP contribution < -0.4 is 10.1 Å². The summed E-state index contributed by atoms with van der Waals surface area (Å²) in [5, 5.41) is 11.0.